The van der Waals surface area contributed by atoms with Gasteiger partial charge in [-0.3, -0.25) is 4.98 Å². The molecule has 1 aromatic rings. The SMILES string of the molecule is CC(O)CCCNS(=O)(=O)CCc1ccncc1. The Bertz CT molecular complexity index is 432. The minimum atomic E-state index is -3.23. The maximum atomic E-state index is 11.7. The number of rotatable bonds is 8. The molecule has 0 saturated carbocycles. The van der Waals surface area contributed by atoms with Gasteiger partial charge in [-0.25, -0.2) is 13.1 Å². The minimum Gasteiger partial charge on any atom is -0.393 e. The summed E-state index contributed by atoms with van der Waals surface area (Å²) < 4.78 is 25.8. The minimum absolute atomic E-state index is 0.0751. The van der Waals surface area contributed by atoms with Crippen LogP contribution in [0.2, 0.25) is 0 Å². The molecule has 6 heteroatoms. The van der Waals surface area contributed by atoms with E-state index in [-0.39, 0.29) is 11.9 Å². The van der Waals surface area contributed by atoms with Gasteiger partial charge in [0.05, 0.1) is 11.9 Å². The van der Waals surface area contributed by atoms with E-state index < -0.39 is 10.0 Å². The number of hydrogen-bond acceptors (Lipinski definition) is 4. The van der Waals surface area contributed by atoms with Crippen molar-refractivity contribution in [1.29, 1.82) is 0 Å². The molecule has 102 valence electrons. The second-order valence-corrected chi connectivity index (χ2v) is 6.24. The maximum absolute atomic E-state index is 11.7. The van der Waals surface area contributed by atoms with Crippen LogP contribution < -0.4 is 4.72 Å². The fraction of sp³-hybridized carbons (Fsp3) is 0.583. The Morgan fingerprint density at radius 1 is 1.39 bits per heavy atom. The van der Waals surface area contributed by atoms with Crippen molar-refractivity contribution in [1.82, 2.24) is 9.71 Å². The van der Waals surface area contributed by atoms with Gasteiger partial charge in [-0.2, -0.15) is 0 Å². The molecule has 0 aliphatic carbocycles. The van der Waals surface area contributed by atoms with Crippen LogP contribution in [0.1, 0.15) is 25.3 Å². The molecule has 0 spiro atoms. The number of hydrogen-bond donors (Lipinski definition) is 2. The van der Waals surface area contributed by atoms with E-state index in [1.165, 1.54) is 0 Å². The highest BCUT2D eigenvalue weighted by Crippen LogP contribution is 2.00. The first-order valence-electron chi connectivity index (χ1n) is 6.04. The molecule has 0 fully saturated rings. The van der Waals surface area contributed by atoms with Crippen molar-refractivity contribution >= 4 is 10.0 Å². The highest BCUT2D eigenvalue weighted by atomic mass is 32.2. The number of aryl methyl sites for hydroxylation is 1. The molecule has 1 aromatic heterocycles. The summed E-state index contributed by atoms with van der Waals surface area (Å²) in [6, 6.07) is 3.62. The molecule has 18 heavy (non-hydrogen) atoms. The first-order valence-corrected chi connectivity index (χ1v) is 7.69. The Labute approximate surface area is 108 Å². The van der Waals surface area contributed by atoms with Crippen molar-refractivity contribution in [2.24, 2.45) is 0 Å². The van der Waals surface area contributed by atoms with Crippen molar-refractivity contribution < 1.29 is 13.5 Å². The van der Waals surface area contributed by atoms with E-state index in [0.29, 0.717) is 25.8 Å². The van der Waals surface area contributed by atoms with Gasteiger partial charge in [0.2, 0.25) is 10.0 Å². The zero-order chi connectivity index (χ0) is 13.4. The van der Waals surface area contributed by atoms with Crippen molar-refractivity contribution in [2.75, 3.05) is 12.3 Å². The lowest BCUT2D eigenvalue weighted by Crippen LogP contribution is -2.28. The zero-order valence-corrected chi connectivity index (χ0v) is 11.4. The summed E-state index contributed by atoms with van der Waals surface area (Å²) in [6.45, 7) is 2.07. The number of nitrogens with zero attached hydrogens (tertiary/aromatic N) is 1. The summed E-state index contributed by atoms with van der Waals surface area (Å²) >= 11 is 0. The van der Waals surface area contributed by atoms with E-state index in [0.717, 1.165) is 5.56 Å². The summed E-state index contributed by atoms with van der Waals surface area (Å²) in [6.07, 6.45) is 4.65. The molecule has 0 aliphatic rings. The molecule has 0 amide bonds. The Hall–Kier alpha value is -0.980. The monoisotopic (exact) mass is 272 g/mol. The molecule has 0 aromatic carbocycles. The van der Waals surface area contributed by atoms with Gasteiger partial charge in [-0.15, -0.1) is 0 Å². The van der Waals surface area contributed by atoms with Crippen LogP contribution in [0.25, 0.3) is 0 Å². The number of aliphatic hydroxyl groups excluding tert-OH is 1. The molecule has 5 nitrogen and oxygen atoms in total. The maximum Gasteiger partial charge on any atom is 0.211 e. The third kappa shape index (κ3) is 6.68. The third-order valence-electron chi connectivity index (χ3n) is 2.53. The van der Waals surface area contributed by atoms with Crippen LogP contribution in [0.4, 0.5) is 0 Å². The second kappa shape index (κ2) is 7.45. The van der Waals surface area contributed by atoms with Crippen molar-refractivity contribution in [3.8, 4) is 0 Å². The van der Waals surface area contributed by atoms with Crippen LogP contribution in [-0.4, -0.2) is 36.9 Å². The van der Waals surface area contributed by atoms with Crippen molar-refractivity contribution in [2.45, 2.75) is 32.3 Å². The fourth-order valence-electron chi connectivity index (χ4n) is 1.50. The van der Waals surface area contributed by atoms with Crippen LogP contribution in [-0.2, 0) is 16.4 Å². The quantitative estimate of drug-likeness (QED) is 0.683. The smallest absolute Gasteiger partial charge is 0.211 e. The van der Waals surface area contributed by atoms with E-state index in [9.17, 15) is 8.42 Å². The predicted molar refractivity (Wildman–Crippen MR) is 70.6 cm³/mol. The van der Waals surface area contributed by atoms with Crippen molar-refractivity contribution in [3.63, 3.8) is 0 Å². The van der Waals surface area contributed by atoms with Crippen LogP contribution in [0.5, 0.6) is 0 Å². The average Bonchev–Trinajstić information content (AvgIpc) is 2.34. The van der Waals surface area contributed by atoms with Gasteiger partial charge >= 0.3 is 0 Å². The Morgan fingerprint density at radius 2 is 2.06 bits per heavy atom. The molecule has 1 unspecified atom stereocenters. The summed E-state index contributed by atoms with van der Waals surface area (Å²) in [4.78, 5) is 3.88. The van der Waals surface area contributed by atoms with E-state index in [2.05, 4.69) is 9.71 Å². The number of nitrogens with one attached hydrogen (secondary N) is 1. The lowest BCUT2D eigenvalue weighted by molar-refractivity contribution is 0.182. The molecule has 1 heterocycles. The summed E-state index contributed by atoms with van der Waals surface area (Å²) in [7, 11) is -3.23. The lowest BCUT2D eigenvalue weighted by Gasteiger charge is -2.07. The Balaban J connectivity index is 2.28. The van der Waals surface area contributed by atoms with Gasteiger partial charge in [-0.05, 0) is 43.9 Å². The second-order valence-electron chi connectivity index (χ2n) is 4.31. The highest BCUT2D eigenvalue weighted by Gasteiger charge is 2.09. The van der Waals surface area contributed by atoms with Crippen LogP contribution >= 0.6 is 0 Å². The van der Waals surface area contributed by atoms with Gasteiger partial charge in [-0.1, -0.05) is 0 Å². The predicted octanol–water partition coefficient (Wildman–Crippen LogP) is 0.704. The molecule has 0 saturated heterocycles. The van der Waals surface area contributed by atoms with Crippen LogP contribution in [0.3, 0.4) is 0 Å². The third-order valence-corrected chi connectivity index (χ3v) is 3.92. The normalized spacial score (nSPS) is 13.4. The standard InChI is InChI=1S/C12H20N2O3S/c1-11(15)3-2-7-14-18(16,17)10-6-12-4-8-13-9-5-12/h4-5,8-9,11,14-15H,2-3,6-7,10H2,1H3. The molecular weight excluding hydrogens is 252 g/mol. The van der Waals surface area contributed by atoms with Crippen LogP contribution in [0, 0.1) is 0 Å². The van der Waals surface area contributed by atoms with E-state index in [1.54, 1.807) is 19.3 Å². The average molecular weight is 272 g/mol. The first-order chi connectivity index (χ1) is 8.49. The van der Waals surface area contributed by atoms with E-state index in [1.807, 2.05) is 12.1 Å². The summed E-state index contributed by atoms with van der Waals surface area (Å²) in [5, 5.41) is 9.05. The Morgan fingerprint density at radius 3 is 2.67 bits per heavy atom. The molecule has 1 rings (SSSR count). The summed E-state index contributed by atoms with van der Waals surface area (Å²) in [5.74, 6) is 0.0751. The number of sulfonamides is 1. The molecule has 0 aliphatic heterocycles. The van der Waals surface area contributed by atoms with E-state index >= 15 is 0 Å². The zero-order valence-electron chi connectivity index (χ0n) is 10.5. The largest absolute Gasteiger partial charge is 0.393 e. The fourth-order valence-corrected chi connectivity index (χ4v) is 2.60. The van der Waals surface area contributed by atoms with Gasteiger partial charge < -0.3 is 5.11 Å². The number of aromatic nitrogens is 1. The highest BCUT2D eigenvalue weighted by molar-refractivity contribution is 7.89. The first kappa shape index (κ1) is 15.1. The van der Waals surface area contributed by atoms with Crippen LogP contribution in [0.15, 0.2) is 24.5 Å². The molecular formula is C12H20N2O3S. The van der Waals surface area contributed by atoms with E-state index in [4.69, 9.17) is 5.11 Å². The molecule has 2 N–H and O–H groups in total. The van der Waals surface area contributed by atoms with Gasteiger partial charge in [0, 0.05) is 18.9 Å². The van der Waals surface area contributed by atoms with Gasteiger partial charge in [0.25, 0.3) is 0 Å². The Kier molecular flexibility index (Phi) is 6.24. The molecule has 0 radical (unpaired) electrons. The van der Waals surface area contributed by atoms with Gasteiger partial charge in [0.15, 0.2) is 0 Å². The number of aliphatic hydroxyl groups is 1. The topological polar surface area (TPSA) is 79.3 Å². The lowest BCUT2D eigenvalue weighted by atomic mass is 10.2. The molecule has 0 bridgehead atoms. The number of pyridine rings is 1. The van der Waals surface area contributed by atoms with Gasteiger partial charge in [0.1, 0.15) is 0 Å². The summed E-state index contributed by atoms with van der Waals surface area (Å²) in [5.41, 5.74) is 0.958. The van der Waals surface area contributed by atoms with Crippen molar-refractivity contribution in [3.05, 3.63) is 30.1 Å². The molecule has 1 atom stereocenters.